The Bertz CT molecular complexity index is 661. The summed E-state index contributed by atoms with van der Waals surface area (Å²) < 4.78 is 6.80. The molecule has 1 aromatic heterocycles. The summed E-state index contributed by atoms with van der Waals surface area (Å²) in [4.78, 5) is 12.4. The van der Waals surface area contributed by atoms with E-state index in [1.54, 1.807) is 49.1 Å². The van der Waals surface area contributed by atoms with Crippen LogP contribution in [0.3, 0.4) is 0 Å². The van der Waals surface area contributed by atoms with Crippen LogP contribution in [0.15, 0.2) is 30.3 Å². The number of carbonyl (C=O) groups excluding carboxylic acids is 1. The molecule has 0 aliphatic heterocycles. The molecule has 0 bridgehead atoms. The van der Waals surface area contributed by atoms with Gasteiger partial charge < -0.3 is 9.30 Å². The summed E-state index contributed by atoms with van der Waals surface area (Å²) in [5.41, 5.74) is 2.41. The zero-order valence-corrected chi connectivity index (χ0v) is 11.1. The van der Waals surface area contributed by atoms with Crippen LogP contribution in [0.1, 0.15) is 27.3 Å². The van der Waals surface area contributed by atoms with Crippen LogP contribution in [-0.4, -0.2) is 17.5 Å². The van der Waals surface area contributed by atoms with E-state index in [-0.39, 0.29) is 5.78 Å². The second-order valence-electron chi connectivity index (χ2n) is 4.26. The molecule has 19 heavy (non-hydrogen) atoms. The van der Waals surface area contributed by atoms with E-state index < -0.39 is 0 Å². The first-order chi connectivity index (χ1) is 9.08. The fourth-order valence-electron chi connectivity index (χ4n) is 1.92. The predicted octanol–water partition coefficient (Wildman–Crippen LogP) is 2.44. The lowest BCUT2D eigenvalue weighted by molar-refractivity contribution is 0.103. The van der Waals surface area contributed by atoms with Crippen molar-refractivity contribution in [3.63, 3.8) is 0 Å². The van der Waals surface area contributed by atoms with Gasteiger partial charge in [0.25, 0.3) is 0 Å². The number of aromatic nitrogens is 1. The molecule has 1 heterocycles. The van der Waals surface area contributed by atoms with Crippen molar-refractivity contribution in [1.82, 2.24) is 4.57 Å². The number of hydrogen-bond donors (Lipinski definition) is 0. The lowest BCUT2D eigenvalue weighted by atomic mass is 10.1. The molecule has 96 valence electrons. The summed E-state index contributed by atoms with van der Waals surface area (Å²) in [5.74, 6) is 0.604. The van der Waals surface area contributed by atoms with Crippen LogP contribution in [0.5, 0.6) is 5.75 Å². The quantitative estimate of drug-likeness (QED) is 0.790. The van der Waals surface area contributed by atoms with Gasteiger partial charge in [0, 0.05) is 18.3 Å². The molecule has 0 fully saturated rings. The second-order valence-corrected chi connectivity index (χ2v) is 4.26. The molecule has 0 spiro atoms. The normalized spacial score (nSPS) is 10.0. The third-order valence-electron chi connectivity index (χ3n) is 3.24. The number of ketones is 1. The maximum absolute atomic E-state index is 12.4. The minimum atomic E-state index is -0.102. The van der Waals surface area contributed by atoms with Crippen molar-refractivity contribution in [1.29, 1.82) is 5.26 Å². The standard InChI is InChI=1S/C15H14N2O2/c1-10-12(9-16)8-14(17(10)2)15(18)11-4-6-13(19-3)7-5-11/h4-8H,1-3H3. The third-order valence-corrected chi connectivity index (χ3v) is 3.24. The van der Waals surface area contributed by atoms with E-state index in [4.69, 9.17) is 10.00 Å². The van der Waals surface area contributed by atoms with Gasteiger partial charge in [-0.05, 0) is 37.3 Å². The molecular weight excluding hydrogens is 240 g/mol. The van der Waals surface area contributed by atoms with Gasteiger partial charge in [-0.25, -0.2) is 0 Å². The number of ether oxygens (including phenoxy) is 1. The van der Waals surface area contributed by atoms with Gasteiger partial charge in [0.05, 0.1) is 18.4 Å². The van der Waals surface area contributed by atoms with Crippen LogP contribution in [0, 0.1) is 18.3 Å². The number of rotatable bonds is 3. The molecule has 4 heteroatoms. The number of carbonyl (C=O) groups is 1. The van der Waals surface area contributed by atoms with Crippen molar-refractivity contribution >= 4 is 5.78 Å². The van der Waals surface area contributed by atoms with Crippen molar-refractivity contribution in [2.24, 2.45) is 7.05 Å². The van der Waals surface area contributed by atoms with Crippen molar-refractivity contribution in [2.75, 3.05) is 7.11 Å². The Morgan fingerprint density at radius 1 is 1.32 bits per heavy atom. The number of benzene rings is 1. The average Bonchev–Trinajstić information content (AvgIpc) is 2.74. The topological polar surface area (TPSA) is 55.0 Å². The SMILES string of the molecule is COc1ccc(C(=O)c2cc(C#N)c(C)n2C)cc1. The highest BCUT2D eigenvalue weighted by Crippen LogP contribution is 2.18. The van der Waals surface area contributed by atoms with E-state index in [1.807, 2.05) is 6.92 Å². The Kier molecular flexibility index (Phi) is 3.39. The third kappa shape index (κ3) is 2.23. The molecule has 0 saturated carbocycles. The van der Waals surface area contributed by atoms with E-state index in [2.05, 4.69) is 6.07 Å². The van der Waals surface area contributed by atoms with E-state index in [9.17, 15) is 4.79 Å². The lowest BCUT2D eigenvalue weighted by Crippen LogP contribution is -2.08. The molecule has 1 aromatic carbocycles. The summed E-state index contributed by atoms with van der Waals surface area (Å²) in [5, 5.41) is 8.99. The second kappa shape index (κ2) is 4.99. The largest absolute Gasteiger partial charge is 0.497 e. The summed E-state index contributed by atoms with van der Waals surface area (Å²) in [6.07, 6.45) is 0. The van der Waals surface area contributed by atoms with Crippen LogP contribution in [-0.2, 0) is 7.05 Å². The zero-order chi connectivity index (χ0) is 14.0. The first kappa shape index (κ1) is 12.9. The van der Waals surface area contributed by atoms with Gasteiger partial charge in [0.1, 0.15) is 11.8 Å². The molecule has 2 rings (SSSR count). The van der Waals surface area contributed by atoms with Crippen LogP contribution in [0.25, 0.3) is 0 Å². The Hall–Kier alpha value is -2.54. The van der Waals surface area contributed by atoms with E-state index in [1.165, 1.54) is 0 Å². The monoisotopic (exact) mass is 254 g/mol. The van der Waals surface area contributed by atoms with Gasteiger partial charge in [0.15, 0.2) is 0 Å². The summed E-state index contributed by atoms with van der Waals surface area (Å²) in [6, 6.07) is 10.6. The summed E-state index contributed by atoms with van der Waals surface area (Å²) >= 11 is 0. The summed E-state index contributed by atoms with van der Waals surface area (Å²) in [6.45, 7) is 1.82. The number of methoxy groups -OCH3 is 1. The number of hydrogen-bond acceptors (Lipinski definition) is 3. The minimum absolute atomic E-state index is 0.102. The van der Waals surface area contributed by atoms with E-state index in [0.717, 1.165) is 5.69 Å². The molecule has 0 atom stereocenters. The highest BCUT2D eigenvalue weighted by atomic mass is 16.5. The van der Waals surface area contributed by atoms with Gasteiger partial charge in [-0.3, -0.25) is 4.79 Å². The highest BCUT2D eigenvalue weighted by Gasteiger charge is 2.16. The smallest absolute Gasteiger partial charge is 0.209 e. The zero-order valence-electron chi connectivity index (χ0n) is 11.1. The first-order valence-electron chi connectivity index (χ1n) is 5.83. The van der Waals surface area contributed by atoms with Gasteiger partial charge in [-0.15, -0.1) is 0 Å². The molecule has 0 aliphatic rings. The highest BCUT2D eigenvalue weighted by molar-refractivity contribution is 6.08. The molecule has 0 N–H and O–H groups in total. The Morgan fingerprint density at radius 2 is 1.95 bits per heavy atom. The maximum atomic E-state index is 12.4. The van der Waals surface area contributed by atoms with Gasteiger partial charge in [0.2, 0.25) is 5.78 Å². The maximum Gasteiger partial charge on any atom is 0.209 e. The van der Waals surface area contributed by atoms with Crippen LogP contribution < -0.4 is 4.74 Å². The van der Waals surface area contributed by atoms with Crippen LogP contribution in [0.2, 0.25) is 0 Å². The Labute approximate surface area is 111 Å². The summed E-state index contributed by atoms with van der Waals surface area (Å²) in [7, 11) is 3.36. The van der Waals surface area contributed by atoms with E-state index >= 15 is 0 Å². The molecule has 0 unspecified atom stereocenters. The van der Waals surface area contributed by atoms with Crippen molar-refractivity contribution in [3.8, 4) is 11.8 Å². The van der Waals surface area contributed by atoms with Gasteiger partial charge >= 0.3 is 0 Å². The molecule has 0 radical (unpaired) electrons. The molecule has 0 aliphatic carbocycles. The van der Waals surface area contributed by atoms with Crippen LogP contribution >= 0.6 is 0 Å². The first-order valence-corrected chi connectivity index (χ1v) is 5.83. The van der Waals surface area contributed by atoms with Crippen molar-refractivity contribution < 1.29 is 9.53 Å². The van der Waals surface area contributed by atoms with Gasteiger partial charge in [-0.2, -0.15) is 5.26 Å². The number of nitrogens with zero attached hydrogens (tertiary/aromatic N) is 2. The van der Waals surface area contributed by atoms with Crippen LogP contribution in [0.4, 0.5) is 0 Å². The fourth-order valence-corrected chi connectivity index (χ4v) is 1.92. The minimum Gasteiger partial charge on any atom is -0.497 e. The molecule has 4 nitrogen and oxygen atoms in total. The van der Waals surface area contributed by atoms with Gasteiger partial charge in [-0.1, -0.05) is 0 Å². The molecule has 0 amide bonds. The fraction of sp³-hybridized carbons (Fsp3) is 0.200. The van der Waals surface area contributed by atoms with E-state index in [0.29, 0.717) is 22.6 Å². The lowest BCUT2D eigenvalue weighted by Gasteiger charge is -2.05. The average molecular weight is 254 g/mol. The predicted molar refractivity (Wildman–Crippen MR) is 71.3 cm³/mol. The molecule has 0 saturated heterocycles. The number of nitriles is 1. The van der Waals surface area contributed by atoms with Crippen molar-refractivity contribution in [2.45, 2.75) is 6.92 Å². The Balaban J connectivity index is 2.41. The Morgan fingerprint density at radius 3 is 2.42 bits per heavy atom. The molecular formula is C15H14N2O2. The van der Waals surface area contributed by atoms with Crippen molar-refractivity contribution in [3.05, 3.63) is 52.8 Å². The molecule has 2 aromatic rings.